The van der Waals surface area contributed by atoms with Crippen molar-refractivity contribution < 1.29 is 18.9 Å². The van der Waals surface area contributed by atoms with Crippen LogP contribution < -0.4 is 0 Å². The molecule has 0 radical (unpaired) electrons. The highest BCUT2D eigenvalue weighted by molar-refractivity contribution is 5.90. The molecule has 2 aliphatic carbocycles. The fourth-order valence-electron chi connectivity index (χ4n) is 5.80. The summed E-state index contributed by atoms with van der Waals surface area (Å²) in [7, 11) is 3.55. The Bertz CT molecular complexity index is 754. The topological polar surface area (TPSA) is 46.4 Å². The van der Waals surface area contributed by atoms with Gasteiger partial charge in [0.1, 0.15) is 19.0 Å². The Morgan fingerprint density at radius 1 is 1.29 bits per heavy atom. The van der Waals surface area contributed by atoms with E-state index < -0.39 is 0 Å². The van der Waals surface area contributed by atoms with Gasteiger partial charge < -0.3 is 4.74 Å². The smallest absolute Gasteiger partial charge is 0.309 e. The first-order valence-electron chi connectivity index (χ1n) is 10.5. The highest BCUT2D eigenvalue weighted by Gasteiger charge is 2.60. The van der Waals surface area contributed by atoms with E-state index in [1.807, 2.05) is 19.9 Å². The molecule has 0 aliphatic heterocycles. The molecular weight excluding hydrogens is 350 g/mol. The van der Waals surface area contributed by atoms with Gasteiger partial charge in [-0.05, 0) is 30.1 Å². The molecule has 3 rings (SSSR count). The quantitative estimate of drug-likeness (QED) is 0.438. The maximum absolute atomic E-state index is 13.1. The van der Waals surface area contributed by atoms with Crippen LogP contribution in [0.25, 0.3) is 0 Å². The van der Waals surface area contributed by atoms with Gasteiger partial charge in [0.25, 0.3) is 0 Å². The number of hydrogen-bond donors (Lipinski definition) is 0. The SMILES string of the molecule is COC(=O)[C@H]1[C@H](C(C)C)C(=O)C[C@@]2(C)[C@@H](C=[N+](C)Cc3ccccc3)CC[C@@H]12. The molecule has 0 N–H and O–H groups in total. The number of carbonyl (C=O) groups is 2. The number of Topliss-reactive ketones (excluding diaryl/α,β-unsaturated/α-hetero) is 1. The molecule has 0 unspecified atom stereocenters. The van der Waals surface area contributed by atoms with Crippen molar-refractivity contribution in [2.24, 2.45) is 35.0 Å². The van der Waals surface area contributed by atoms with Crippen molar-refractivity contribution in [3.63, 3.8) is 0 Å². The molecule has 1 aromatic carbocycles. The molecule has 4 nitrogen and oxygen atoms in total. The van der Waals surface area contributed by atoms with Crippen molar-refractivity contribution in [3.05, 3.63) is 35.9 Å². The van der Waals surface area contributed by atoms with Gasteiger partial charge >= 0.3 is 5.97 Å². The van der Waals surface area contributed by atoms with Gasteiger partial charge in [-0.25, -0.2) is 4.58 Å². The molecular formula is C24H34NO3+. The van der Waals surface area contributed by atoms with Gasteiger partial charge in [-0.15, -0.1) is 0 Å². The molecule has 2 fully saturated rings. The van der Waals surface area contributed by atoms with E-state index in [1.54, 1.807) is 0 Å². The third kappa shape index (κ3) is 3.78. The van der Waals surface area contributed by atoms with Gasteiger partial charge in [-0.1, -0.05) is 51.1 Å². The second-order valence-electron chi connectivity index (χ2n) is 9.31. The lowest BCUT2D eigenvalue weighted by molar-refractivity contribution is -0.512. The summed E-state index contributed by atoms with van der Waals surface area (Å²) in [5.74, 6) is 0.161. The van der Waals surface area contributed by atoms with Crippen LogP contribution in [-0.2, 0) is 20.9 Å². The van der Waals surface area contributed by atoms with Crippen LogP contribution in [-0.4, -0.2) is 36.7 Å². The van der Waals surface area contributed by atoms with E-state index in [-0.39, 0.29) is 40.8 Å². The van der Waals surface area contributed by atoms with Gasteiger partial charge in [0.05, 0.1) is 13.0 Å². The number of ether oxygens (including phenoxy) is 1. The van der Waals surface area contributed by atoms with Crippen molar-refractivity contribution >= 4 is 18.0 Å². The number of carbonyl (C=O) groups excluding carboxylic acids is 2. The molecule has 0 heterocycles. The highest BCUT2D eigenvalue weighted by atomic mass is 16.5. The second kappa shape index (κ2) is 8.18. The number of ketones is 1. The molecule has 0 amide bonds. The van der Waals surface area contributed by atoms with Crippen LogP contribution in [0.1, 0.15) is 45.6 Å². The number of rotatable bonds is 5. The van der Waals surface area contributed by atoms with Gasteiger partial charge in [0.2, 0.25) is 0 Å². The van der Waals surface area contributed by atoms with E-state index in [0.29, 0.717) is 12.3 Å². The largest absolute Gasteiger partial charge is 0.469 e. The first kappa shape index (κ1) is 20.8. The maximum Gasteiger partial charge on any atom is 0.309 e. The molecule has 152 valence electrons. The lowest BCUT2D eigenvalue weighted by Crippen LogP contribution is -2.51. The summed E-state index contributed by atoms with van der Waals surface area (Å²) < 4.78 is 7.39. The van der Waals surface area contributed by atoms with E-state index in [4.69, 9.17) is 4.74 Å². The summed E-state index contributed by atoms with van der Waals surface area (Å²) in [6.07, 6.45) is 4.86. The van der Waals surface area contributed by atoms with Gasteiger partial charge in [0, 0.05) is 23.8 Å². The zero-order valence-corrected chi connectivity index (χ0v) is 17.9. The molecule has 0 aromatic heterocycles. The highest BCUT2D eigenvalue weighted by Crippen LogP contribution is 2.58. The molecule has 0 saturated heterocycles. The zero-order valence-electron chi connectivity index (χ0n) is 17.9. The average Bonchev–Trinajstić information content (AvgIpc) is 2.95. The lowest BCUT2D eigenvalue weighted by Gasteiger charge is -2.46. The molecule has 0 spiro atoms. The number of hydrogen-bond acceptors (Lipinski definition) is 3. The summed E-state index contributed by atoms with van der Waals surface area (Å²) in [6.45, 7) is 7.16. The third-order valence-electron chi connectivity index (χ3n) is 7.13. The lowest BCUT2D eigenvalue weighted by atomic mass is 9.56. The predicted octanol–water partition coefficient (Wildman–Crippen LogP) is 3.97. The Morgan fingerprint density at radius 3 is 2.57 bits per heavy atom. The normalized spacial score (nSPS) is 33.1. The minimum Gasteiger partial charge on any atom is -0.469 e. The first-order valence-corrected chi connectivity index (χ1v) is 10.5. The summed E-state index contributed by atoms with van der Waals surface area (Å²) >= 11 is 0. The Hall–Kier alpha value is -1.97. The summed E-state index contributed by atoms with van der Waals surface area (Å²) in [5.41, 5.74) is 1.10. The van der Waals surface area contributed by atoms with Crippen molar-refractivity contribution in [2.75, 3.05) is 14.2 Å². The number of fused-ring (bicyclic) bond motifs is 1. The Labute approximate surface area is 169 Å². The van der Waals surface area contributed by atoms with Crippen molar-refractivity contribution in [2.45, 2.75) is 46.6 Å². The summed E-state index contributed by atoms with van der Waals surface area (Å²) in [4.78, 5) is 25.8. The third-order valence-corrected chi connectivity index (χ3v) is 7.13. The van der Waals surface area contributed by atoms with Gasteiger partial charge in [0.15, 0.2) is 6.54 Å². The number of nitrogens with zero attached hydrogens (tertiary/aromatic N) is 1. The summed E-state index contributed by atoms with van der Waals surface area (Å²) in [5, 5.41) is 0. The standard InChI is InChI=1S/C24H34NO3/c1-16(2)21-20(26)13-24(3)18(11-12-19(24)22(21)23(27)28-5)15-25(4)14-17-9-7-6-8-10-17/h6-10,15-16,18-19,21-22H,11-14H2,1-5H3/q+1/t18-,19+,21-,22-,24+/m1/s1. The minimum atomic E-state index is -0.311. The zero-order chi connectivity index (χ0) is 20.5. The van der Waals surface area contributed by atoms with Crippen molar-refractivity contribution in [1.29, 1.82) is 0 Å². The van der Waals surface area contributed by atoms with Crippen LogP contribution in [0.4, 0.5) is 0 Å². The van der Waals surface area contributed by atoms with Crippen LogP contribution in [0.2, 0.25) is 0 Å². The molecule has 28 heavy (non-hydrogen) atoms. The van der Waals surface area contributed by atoms with Gasteiger partial charge in [-0.2, -0.15) is 0 Å². The number of esters is 1. The molecule has 2 saturated carbocycles. The monoisotopic (exact) mass is 384 g/mol. The van der Waals surface area contributed by atoms with E-state index in [9.17, 15) is 9.59 Å². The molecule has 5 atom stereocenters. The van der Waals surface area contributed by atoms with Crippen LogP contribution in [0.5, 0.6) is 0 Å². The number of benzene rings is 1. The van der Waals surface area contributed by atoms with Crippen LogP contribution in [0.3, 0.4) is 0 Å². The van der Waals surface area contributed by atoms with Crippen LogP contribution in [0, 0.1) is 35.0 Å². The fraction of sp³-hybridized carbons (Fsp3) is 0.625. The van der Waals surface area contributed by atoms with Crippen LogP contribution in [0.15, 0.2) is 30.3 Å². The Morgan fingerprint density at radius 2 is 1.96 bits per heavy atom. The van der Waals surface area contributed by atoms with Gasteiger partial charge in [-0.3, -0.25) is 9.59 Å². The van der Waals surface area contributed by atoms with E-state index in [1.165, 1.54) is 12.7 Å². The van der Waals surface area contributed by atoms with Crippen LogP contribution >= 0.6 is 0 Å². The average molecular weight is 385 g/mol. The maximum atomic E-state index is 13.1. The Kier molecular flexibility index (Phi) is 6.07. The van der Waals surface area contributed by atoms with E-state index in [0.717, 1.165) is 19.4 Å². The molecule has 1 aromatic rings. The van der Waals surface area contributed by atoms with Crippen molar-refractivity contribution in [3.8, 4) is 0 Å². The predicted molar refractivity (Wildman–Crippen MR) is 110 cm³/mol. The van der Waals surface area contributed by atoms with E-state index in [2.05, 4.69) is 49.0 Å². The minimum absolute atomic E-state index is 0.157. The van der Waals surface area contributed by atoms with E-state index >= 15 is 0 Å². The first-order chi connectivity index (χ1) is 13.3. The second-order valence-corrected chi connectivity index (χ2v) is 9.31. The Balaban J connectivity index is 1.87. The molecule has 0 bridgehead atoms. The van der Waals surface area contributed by atoms with Crippen molar-refractivity contribution in [1.82, 2.24) is 0 Å². The fourth-order valence-corrected chi connectivity index (χ4v) is 5.80. The summed E-state index contributed by atoms with van der Waals surface area (Å²) in [6, 6.07) is 10.4. The molecule has 4 heteroatoms. The molecule has 2 aliphatic rings. The number of methoxy groups -OCH3 is 1.